The van der Waals surface area contributed by atoms with Crippen LogP contribution in [0.4, 0.5) is 4.79 Å². The van der Waals surface area contributed by atoms with Crippen molar-refractivity contribution in [1.29, 1.82) is 0 Å². The van der Waals surface area contributed by atoms with E-state index in [0.29, 0.717) is 5.92 Å². The number of ether oxygens (including phenoxy) is 1. The van der Waals surface area contributed by atoms with Gasteiger partial charge >= 0.3 is 6.09 Å². The molecule has 2 aliphatic heterocycles. The molecule has 1 unspecified atom stereocenters. The first-order valence-corrected chi connectivity index (χ1v) is 9.98. The number of aliphatic imine (C=N–C) groups is 1. The smallest absolute Gasteiger partial charge is 0.407 e. The summed E-state index contributed by atoms with van der Waals surface area (Å²) in [6.07, 6.45) is 3.13. The van der Waals surface area contributed by atoms with E-state index in [1.54, 1.807) is 0 Å². The lowest BCUT2D eigenvalue weighted by atomic mass is 9.98. The van der Waals surface area contributed by atoms with E-state index in [1.807, 2.05) is 27.8 Å². The Morgan fingerprint density at radius 1 is 1.22 bits per heavy atom. The standard InChI is InChI=1S/C19H37N5O2.HI/c1-6-23-10-7-8-15(13-23)12-21-17(20-5)24-11-9-16(14-24)22-18(25)26-19(2,3)4;/h15-16H,6-14H2,1-5H3,(H,20,21)(H,22,25);1H/t15?,16-;/m1./s1. The number of nitrogens with zero attached hydrogens (tertiary/aromatic N) is 3. The zero-order valence-corrected chi connectivity index (χ0v) is 19.9. The van der Waals surface area contributed by atoms with Gasteiger partial charge in [-0.15, -0.1) is 24.0 Å². The van der Waals surface area contributed by atoms with E-state index in [9.17, 15) is 4.79 Å². The molecule has 0 aromatic rings. The monoisotopic (exact) mass is 495 g/mol. The Hall–Kier alpha value is -0.770. The number of carbonyl (C=O) groups is 1. The largest absolute Gasteiger partial charge is 0.444 e. The van der Waals surface area contributed by atoms with Crippen LogP contribution >= 0.6 is 24.0 Å². The van der Waals surface area contributed by atoms with Crippen molar-refractivity contribution in [1.82, 2.24) is 20.4 Å². The van der Waals surface area contributed by atoms with Crippen LogP contribution in [0.2, 0.25) is 0 Å². The van der Waals surface area contributed by atoms with Gasteiger partial charge in [0.2, 0.25) is 0 Å². The minimum atomic E-state index is -0.466. The first kappa shape index (κ1) is 24.3. The van der Waals surface area contributed by atoms with Gasteiger partial charge in [-0.1, -0.05) is 6.92 Å². The molecule has 2 fully saturated rings. The van der Waals surface area contributed by atoms with Crippen LogP contribution in [0, 0.1) is 5.92 Å². The van der Waals surface area contributed by atoms with Crippen molar-refractivity contribution in [2.75, 3.05) is 46.3 Å². The van der Waals surface area contributed by atoms with E-state index < -0.39 is 5.60 Å². The topological polar surface area (TPSA) is 69.2 Å². The number of rotatable bonds is 4. The van der Waals surface area contributed by atoms with Crippen molar-refractivity contribution in [2.24, 2.45) is 10.9 Å². The molecule has 8 heteroatoms. The molecule has 2 aliphatic rings. The quantitative estimate of drug-likeness (QED) is 0.357. The fourth-order valence-electron chi connectivity index (χ4n) is 3.72. The predicted octanol–water partition coefficient (Wildman–Crippen LogP) is 2.51. The molecule has 158 valence electrons. The van der Waals surface area contributed by atoms with Gasteiger partial charge < -0.3 is 25.2 Å². The number of nitrogens with one attached hydrogen (secondary N) is 2. The Bertz CT molecular complexity index is 495. The van der Waals surface area contributed by atoms with Crippen LogP contribution in [-0.4, -0.2) is 79.8 Å². The summed E-state index contributed by atoms with van der Waals surface area (Å²) in [7, 11) is 1.83. The van der Waals surface area contributed by atoms with E-state index >= 15 is 0 Å². The Morgan fingerprint density at radius 2 is 1.96 bits per heavy atom. The number of hydrogen-bond acceptors (Lipinski definition) is 4. The number of likely N-dealkylation sites (tertiary alicyclic amines) is 2. The van der Waals surface area contributed by atoms with Gasteiger partial charge in [0.25, 0.3) is 0 Å². The van der Waals surface area contributed by atoms with Crippen molar-refractivity contribution in [3.05, 3.63) is 0 Å². The van der Waals surface area contributed by atoms with Crippen molar-refractivity contribution >= 4 is 36.0 Å². The van der Waals surface area contributed by atoms with Gasteiger partial charge in [0.05, 0.1) is 6.04 Å². The number of hydrogen-bond donors (Lipinski definition) is 2. The molecule has 2 rings (SSSR count). The zero-order valence-electron chi connectivity index (χ0n) is 17.6. The van der Waals surface area contributed by atoms with Gasteiger partial charge in [0.15, 0.2) is 5.96 Å². The molecule has 1 amide bonds. The Balaban J connectivity index is 0.00000364. The van der Waals surface area contributed by atoms with Crippen molar-refractivity contribution in [3.63, 3.8) is 0 Å². The van der Waals surface area contributed by atoms with E-state index in [2.05, 4.69) is 32.3 Å². The minimum absolute atomic E-state index is 0. The molecule has 0 bridgehead atoms. The molecule has 0 radical (unpaired) electrons. The summed E-state index contributed by atoms with van der Waals surface area (Å²) in [5, 5.41) is 6.51. The van der Waals surface area contributed by atoms with Crippen LogP contribution < -0.4 is 10.6 Å². The highest BCUT2D eigenvalue weighted by Crippen LogP contribution is 2.16. The van der Waals surface area contributed by atoms with Crippen molar-refractivity contribution in [2.45, 2.75) is 58.6 Å². The number of amides is 1. The highest BCUT2D eigenvalue weighted by Gasteiger charge is 2.28. The number of alkyl carbamates (subject to hydrolysis) is 1. The van der Waals surface area contributed by atoms with Gasteiger partial charge in [0.1, 0.15) is 5.60 Å². The van der Waals surface area contributed by atoms with Gasteiger partial charge in [-0.2, -0.15) is 0 Å². The summed E-state index contributed by atoms with van der Waals surface area (Å²) in [4.78, 5) is 21.1. The maximum atomic E-state index is 11.9. The summed E-state index contributed by atoms with van der Waals surface area (Å²) in [5.74, 6) is 1.62. The van der Waals surface area contributed by atoms with Crippen LogP contribution in [0.1, 0.15) is 47.0 Å². The molecule has 2 atom stereocenters. The molecule has 0 saturated carbocycles. The molecule has 0 aromatic carbocycles. The second-order valence-electron chi connectivity index (χ2n) is 8.41. The van der Waals surface area contributed by atoms with E-state index in [4.69, 9.17) is 4.74 Å². The van der Waals surface area contributed by atoms with Crippen LogP contribution in [0.5, 0.6) is 0 Å². The third kappa shape index (κ3) is 8.41. The summed E-state index contributed by atoms with van der Waals surface area (Å²) >= 11 is 0. The zero-order chi connectivity index (χ0) is 19.2. The summed E-state index contributed by atoms with van der Waals surface area (Å²) in [6, 6.07) is 0.105. The third-order valence-electron chi connectivity index (χ3n) is 5.02. The Kier molecular flexibility index (Phi) is 10.1. The molecule has 27 heavy (non-hydrogen) atoms. The number of carbonyl (C=O) groups excluding carboxylic acids is 1. The molecule has 2 N–H and O–H groups in total. The lowest BCUT2D eigenvalue weighted by molar-refractivity contribution is 0.0507. The molecule has 0 spiro atoms. The number of halogens is 1. The SMILES string of the molecule is CCN1CCCC(CNC(=NC)N2CC[C@@H](NC(=O)OC(C)(C)C)C2)C1.I. The summed E-state index contributed by atoms with van der Waals surface area (Å²) < 4.78 is 5.35. The maximum absolute atomic E-state index is 11.9. The third-order valence-corrected chi connectivity index (χ3v) is 5.02. The average Bonchev–Trinajstić information content (AvgIpc) is 3.02. The first-order valence-electron chi connectivity index (χ1n) is 9.98. The van der Waals surface area contributed by atoms with Gasteiger partial charge in [-0.3, -0.25) is 4.99 Å². The number of guanidine groups is 1. The van der Waals surface area contributed by atoms with Crippen LogP contribution in [0.15, 0.2) is 4.99 Å². The second kappa shape index (κ2) is 11.3. The molecular weight excluding hydrogens is 457 g/mol. The van der Waals surface area contributed by atoms with Gasteiger partial charge in [-0.05, 0) is 59.0 Å². The Morgan fingerprint density at radius 3 is 2.59 bits per heavy atom. The van der Waals surface area contributed by atoms with Gasteiger partial charge in [0, 0.05) is 33.2 Å². The molecule has 2 saturated heterocycles. The van der Waals surface area contributed by atoms with Crippen molar-refractivity contribution in [3.8, 4) is 0 Å². The maximum Gasteiger partial charge on any atom is 0.407 e. The highest BCUT2D eigenvalue weighted by atomic mass is 127. The van der Waals surface area contributed by atoms with E-state index in [-0.39, 0.29) is 36.1 Å². The second-order valence-corrected chi connectivity index (χ2v) is 8.41. The average molecular weight is 495 g/mol. The summed E-state index contributed by atoms with van der Waals surface area (Å²) in [6.45, 7) is 14.0. The molecule has 0 aliphatic carbocycles. The predicted molar refractivity (Wildman–Crippen MR) is 121 cm³/mol. The fraction of sp³-hybridized carbons (Fsp3) is 0.895. The molecule has 2 heterocycles. The first-order chi connectivity index (χ1) is 12.3. The van der Waals surface area contributed by atoms with Crippen molar-refractivity contribution < 1.29 is 9.53 Å². The molecule has 7 nitrogen and oxygen atoms in total. The number of piperidine rings is 1. The van der Waals surface area contributed by atoms with Crippen LogP contribution in [0.3, 0.4) is 0 Å². The Labute approximate surface area is 181 Å². The molecule has 0 aromatic heterocycles. The fourth-order valence-corrected chi connectivity index (χ4v) is 3.72. The lowest BCUT2D eigenvalue weighted by Crippen LogP contribution is -2.47. The van der Waals surface area contributed by atoms with E-state index in [1.165, 1.54) is 25.9 Å². The normalized spacial score (nSPS) is 24.3. The highest BCUT2D eigenvalue weighted by molar-refractivity contribution is 14.0. The van der Waals surface area contributed by atoms with E-state index in [0.717, 1.165) is 38.6 Å². The van der Waals surface area contributed by atoms with Crippen LogP contribution in [0.25, 0.3) is 0 Å². The molecular formula is C19H38IN5O2. The lowest BCUT2D eigenvalue weighted by Gasteiger charge is -2.33. The summed E-state index contributed by atoms with van der Waals surface area (Å²) in [5.41, 5.74) is -0.466. The van der Waals surface area contributed by atoms with Gasteiger partial charge in [-0.25, -0.2) is 4.79 Å². The van der Waals surface area contributed by atoms with Crippen LogP contribution in [-0.2, 0) is 4.74 Å². The minimum Gasteiger partial charge on any atom is -0.444 e.